The van der Waals surface area contributed by atoms with Crippen LogP contribution in [0.15, 0.2) is 64.3 Å². The fourth-order valence-corrected chi connectivity index (χ4v) is 3.03. The van der Waals surface area contributed by atoms with Crippen molar-refractivity contribution in [2.75, 3.05) is 7.11 Å². The molecule has 4 rings (SSSR count). The number of hydrogen-bond donors (Lipinski definition) is 0. The zero-order valence-electron chi connectivity index (χ0n) is 14.9. The van der Waals surface area contributed by atoms with Crippen LogP contribution < -0.4 is 5.56 Å². The van der Waals surface area contributed by atoms with Gasteiger partial charge in [0.15, 0.2) is 0 Å². The van der Waals surface area contributed by atoms with E-state index in [4.69, 9.17) is 9.15 Å². The topological polar surface area (TPSA) is 79.3 Å². The van der Waals surface area contributed by atoms with E-state index >= 15 is 0 Å². The largest absolute Gasteiger partial charge is 0.467 e. The van der Waals surface area contributed by atoms with Gasteiger partial charge in [-0.05, 0) is 36.8 Å². The number of esters is 1. The molecule has 0 amide bonds. The van der Waals surface area contributed by atoms with Gasteiger partial charge in [-0.25, -0.2) is 4.79 Å². The quantitative estimate of drug-likeness (QED) is 0.521. The maximum absolute atomic E-state index is 13.0. The number of methoxy groups -OCH3 is 1. The second-order valence-corrected chi connectivity index (χ2v) is 6.23. The van der Waals surface area contributed by atoms with Gasteiger partial charge in [-0.15, -0.1) is 0 Å². The van der Waals surface area contributed by atoms with Crippen LogP contribution in [0.3, 0.4) is 0 Å². The van der Waals surface area contributed by atoms with Gasteiger partial charge in [0.2, 0.25) is 0 Å². The lowest BCUT2D eigenvalue weighted by Crippen LogP contribution is -2.16. The molecule has 0 spiro atoms. The van der Waals surface area contributed by atoms with Crippen LogP contribution >= 0.6 is 0 Å². The average Bonchev–Trinajstić information content (AvgIpc) is 3.29. The van der Waals surface area contributed by atoms with Crippen molar-refractivity contribution in [1.29, 1.82) is 0 Å². The molecule has 0 radical (unpaired) electrons. The summed E-state index contributed by atoms with van der Waals surface area (Å²) in [6.07, 6.45) is 4.86. The highest BCUT2D eigenvalue weighted by Gasteiger charge is 2.25. The number of furan rings is 1. The Labute approximate surface area is 154 Å². The summed E-state index contributed by atoms with van der Waals surface area (Å²) in [5.41, 5.74) is 2.23. The van der Waals surface area contributed by atoms with Crippen molar-refractivity contribution < 1.29 is 13.9 Å². The molecule has 136 valence electrons. The number of fused-ring (bicyclic) bond motifs is 1. The van der Waals surface area contributed by atoms with Crippen LogP contribution in [0.2, 0.25) is 0 Å². The number of nitrogens with zero attached hydrogens (tertiary/aromatic N) is 3. The van der Waals surface area contributed by atoms with E-state index in [2.05, 4.69) is 5.10 Å². The zero-order chi connectivity index (χ0) is 19.0. The van der Waals surface area contributed by atoms with E-state index in [-0.39, 0.29) is 11.1 Å². The minimum Gasteiger partial charge on any atom is -0.467 e. The Hall–Kier alpha value is -3.61. The Kier molecular flexibility index (Phi) is 4.12. The van der Waals surface area contributed by atoms with Crippen molar-refractivity contribution in [3.8, 4) is 16.9 Å². The van der Waals surface area contributed by atoms with Crippen molar-refractivity contribution in [2.24, 2.45) is 0 Å². The molecule has 7 nitrogen and oxygen atoms in total. The highest BCUT2D eigenvalue weighted by Crippen LogP contribution is 2.23. The van der Waals surface area contributed by atoms with E-state index < -0.39 is 5.97 Å². The van der Waals surface area contributed by atoms with E-state index in [1.165, 1.54) is 11.8 Å². The second-order valence-electron chi connectivity index (χ2n) is 6.23. The molecule has 0 bridgehead atoms. The normalized spacial score (nSPS) is 11.0. The van der Waals surface area contributed by atoms with Gasteiger partial charge in [0, 0.05) is 12.4 Å². The Morgan fingerprint density at radius 3 is 2.78 bits per heavy atom. The number of aromatic nitrogens is 3. The van der Waals surface area contributed by atoms with Crippen molar-refractivity contribution in [2.45, 2.75) is 13.5 Å². The molecule has 27 heavy (non-hydrogen) atoms. The molecule has 2 aromatic rings. The number of hydrogen-bond acceptors (Lipinski definition) is 5. The highest BCUT2D eigenvalue weighted by atomic mass is 16.5. The fourth-order valence-electron chi connectivity index (χ4n) is 3.03. The fraction of sp³-hybridized carbons (Fsp3) is 0.150. The maximum atomic E-state index is 13.0. The van der Waals surface area contributed by atoms with Crippen LogP contribution in [-0.4, -0.2) is 27.4 Å². The molecule has 0 saturated heterocycles. The minimum atomic E-state index is -0.553. The molecule has 2 aliphatic rings. The maximum Gasteiger partial charge on any atom is 0.341 e. The van der Waals surface area contributed by atoms with Crippen LogP contribution in [0.5, 0.6) is 0 Å². The monoisotopic (exact) mass is 363 g/mol. The Morgan fingerprint density at radius 1 is 1.22 bits per heavy atom. The Morgan fingerprint density at radius 2 is 2.07 bits per heavy atom. The molecule has 2 aliphatic heterocycles. The predicted molar refractivity (Wildman–Crippen MR) is 98.3 cm³/mol. The molecule has 0 unspecified atom stereocenters. The summed E-state index contributed by atoms with van der Waals surface area (Å²) in [7, 11) is 1.30. The van der Waals surface area contributed by atoms with Crippen LogP contribution in [0.25, 0.3) is 16.9 Å². The van der Waals surface area contributed by atoms with Gasteiger partial charge in [-0.1, -0.05) is 12.1 Å². The molecule has 0 aliphatic carbocycles. The number of aryl methyl sites for hydroxylation is 1. The van der Waals surface area contributed by atoms with Gasteiger partial charge in [0.25, 0.3) is 5.56 Å². The van der Waals surface area contributed by atoms with Crippen molar-refractivity contribution in [1.82, 2.24) is 14.3 Å². The molecule has 3 heterocycles. The summed E-state index contributed by atoms with van der Waals surface area (Å²) in [4.78, 5) is 25.3. The Bertz CT molecular complexity index is 1140. The SMILES string of the molecule is COC(=O)c1cn(Cc2ccco2)cc2c(=O)n(-c3cccc(C)c3)nc1-2. The van der Waals surface area contributed by atoms with Crippen molar-refractivity contribution in [3.63, 3.8) is 0 Å². The molecule has 0 atom stereocenters. The van der Waals surface area contributed by atoms with Crippen LogP contribution in [0, 0.1) is 6.92 Å². The van der Waals surface area contributed by atoms with Crippen LogP contribution in [0.4, 0.5) is 0 Å². The lowest BCUT2D eigenvalue weighted by atomic mass is 10.1. The summed E-state index contributed by atoms with van der Waals surface area (Å²) >= 11 is 0. The first-order valence-corrected chi connectivity index (χ1v) is 8.37. The van der Waals surface area contributed by atoms with E-state index in [0.29, 0.717) is 29.2 Å². The lowest BCUT2D eigenvalue weighted by Gasteiger charge is -2.10. The highest BCUT2D eigenvalue weighted by molar-refractivity contribution is 5.96. The first kappa shape index (κ1) is 16.8. The number of benzene rings is 1. The second kappa shape index (κ2) is 6.60. The van der Waals surface area contributed by atoms with E-state index in [9.17, 15) is 9.59 Å². The molecule has 0 saturated carbocycles. The predicted octanol–water partition coefficient (Wildman–Crippen LogP) is 2.88. The van der Waals surface area contributed by atoms with Gasteiger partial charge < -0.3 is 13.7 Å². The van der Waals surface area contributed by atoms with Crippen LogP contribution in [-0.2, 0) is 11.3 Å². The first-order chi connectivity index (χ1) is 13.1. The third-order valence-corrected chi connectivity index (χ3v) is 4.29. The third kappa shape index (κ3) is 3.03. The van der Waals surface area contributed by atoms with E-state index in [0.717, 1.165) is 5.56 Å². The smallest absolute Gasteiger partial charge is 0.341 e. The molecule has 7 heteroatoms. The summed E-state index contributed by atoms with van der Waals surface area (Å²) in [5, 5.41) is 4.40. The van der Waals surface area contributed by atoms with Gasteiger partial charge in [-0.3, -0.25) is 4.79 Å². The zero-order valence-corrected chi connectivity index (χ0v) is 14.9. The van der Waals surface area contributed by atoms with Crippen molar-refractivity contribution >= 4 is 5.97 Å². The summed E-state index contributed by atoms with van der Waals surface area (Å²) < 4.78 is 13.3. The molecule has 0 fully saturated rings. The molecular formula is C20H17N3O4. The molecule has 0 N–H and O–H groups in total. The lowest BCUT2D eigenvalue weighted by molar-refractivity contribution is 0.0600. The third-order valence-electron chi connectivity index (χ3n) is 4.29. The molecular weight excluding hydrogens is 346 g/mol. The number of carbonyl (C=O) groups excluding carboxylic acids is 1. The summed E-state index contributed by atoms with van der Waals surface area (Å²) in [6, 6.07) is 11.1. The first-order valence-electron chi connectivity index (χ1n) is 8.37. The van der Waals surface area contributed by atoms with E-state index in [1.54, 1.807) is 35.4 Å². The van der Waals surface area contributed by atoms with Gasteiger partial charge >= 0.3 is 5.97 Å². The van der Waals surface area contributed by atoms with Crippen molar-refractivity contribution in [3.05, 3.63) is 82.3 Å². The van der Waals surface area contributed by atoms with Gasteiger partial charge in [0.1, 0.15) is 17.0 Å². The average molecular weight is 363 g/mol. The number of carbonyl (C=O) groups is 1. The number of rotatable bonds is 4. The standard InChI is InChI=1S/C20H17N3O4/c1-13-5-3-6-14(9-13)23-19(24)16-11-22(10-15-7-4-8-27-15)12-17(18(16)21-23)20(25)26-2/h3-9,11-12H,10H2,1-2H3. The van der Waals surface area contributed by atoms with E-state index in [1.807, 2.05) is 31.2 Å². The number of pyridine rings is 1. The molecule has 1 aromatic heterocycles. The van der Waals surface area contributed by atoms with Gasteiger partial charge in [0.05, 0.1) is 31.2 Å². The molecule has 1 aromatic carbocycles. The summed E-state index contributed by atoms with van der Waals surface area (Å²) in [6.45, 7) is 2.32. The summed E-state index contributed by atoms with van der Waals surface area (Å²) in [5.74, 6) is 0.149. The van der Waals surface area contributed by atoms with Crippen LogP contribution in [0.1, 0.15) is 21.7 Å². The van der Waals surface area contributed by atoms with Gasteiger partial charge in [-0.2, -0.15) is 9.78 Å². The minimum absolute atomic E-state index is 0.227. The Balaban J connectivity index is 1.92. The number of ether oxygens (including phenoxy) is 1.